The first-order chi connectivity index (χ1) is 9.18. The lowest BCUT2D eigenvalue weighted by molar-refractivity contribution is 0.559. The summed E-state index contributed by atoms with van der Waals surface area (Å²) in [6.45, 7) is 0.647. The standard InChI is InChI=1S/C11H17FN2O4S2.ClH/c1-19(15,16)11-5-4-9(8-10(11)12)20(17,18)14-7-3-2-6-13;/h4-5,8,14H,2-3,6-7,13H2,1H3;1H. The van der Waals surface area contributed by atoms with Gasteiger partial charge < -0.3 is 5.73 Å². The van der Waals surface area contributed by atoms with Gasteiger partial charge in [-0.2, -0.15) is 0 Å². The van der Waals surface area contributed by atoms with E-state index in [9.17, 15) is 21.2 Å². The van der Waals surface area contributed by atoms with Crippen molar-refractivity contribution in [1.29, 1.82) is 0 Å². The lowest BCUT2D eigenvalue weighted by atomic mass is 10.3. The number of hydrogen-bond donors (Lipinski definition) is 2. The SMILES string of the molecule is CS(=O)(=O)c1ccc(S(=O)(=O)NCCCCN)cc1F.Cl. The Bertz CT molecular complexity index is 677. The predicted molar refractivity (Wildman–Crippen MR) is 80.2 cm³/mol. The predicted octanol–water partition coefficient (Wildman–Crippen LogP) is 0.668. The molecule has 0 spiro atoms. The Labute approximate surface area is 130 Å². The molecule has 122 valence electrons. The van der Waals surface area contributed by atoms with Gasteiger partial charge >= 0.3 is 0 Å². The van der Waals surface area contributed by atoms with Gasteiger partial charge in [0, 0.05) is 12.8 Å². The number of nitrogens with two attached hydrogens (primary N) is 1. The molecule has 0 aliphatic heterocycles. The topological polar surface area (TPSA) is 106 Å². The van der Waals surface area contributed by atoms with Crippen LogP contribution in [0.5, 0.6) is 0 Å². The first kappa shape index (κ1) is 20.3. The zero-order valence-electron chi connectivity index (χ0n) is 11.4. The third-order valence-electron chi connectivity index (χ3n) is 2.54. The number of unbranched alkanes of at least 4 members (excludes halogenated alkanes) is 1. The molecule has 1 rings (SSSR count). The maximum atomic E-state index is 13.6. The molecular formula is C11H18ClFN2O4S2. The summed E-state index contributed by atoms with van der Waals surface area (Å²) in [5.74, 6) is -1.09. The van der Waals surface area contributed by atoms with Crippen molar-refractivity contribution in [2.75, 3.05) is 19.3 Å². The fourth-order valence-electron chi connectivity index (χ4n) is 1.51. The van der Waals surface area contributed by atoms with Gasteiger partial charge in [0.2, 0.25) is 10.0 Å². The monoisotopic (exact) mass is 360 g/mol. The van der Waals surface area contributed by atoms with Crippen LogP contribution >= 0.6 is 12.4 Å². The van der Waals surface area contributed by atoms with E-state index in [2.05, 4.69) is 4.72 Å². The molecule has 0 atom stereocenters. The first-order valence-corrected chi connectivity index (χ1v) is 9.25. The fraction of sp³-hybridized carbons (Fsp3) is 0.455. The van der Waals surface area contributed by atoms with E-state index in [0.29, 0.717) is 25.5 Å². The van der Waals surface area contributed by atoms with E-state index in [-0.39, 0.29) is 23.8 Å². The highest BCUT2D eigenvalue weighted by atomic mass is 35.5. The van der Waals surface area contributed by atoms with Crippen LogP contribution in [-0.2, 0) is 19.9 Å². The molecule has 0 saturated carbocycles. The Morgan fingerprint density at radius 1 is 1.19 bits per heavy atom. The van der Waals surface area contributed by atoms with Crippen LogP contribution < -0.4 is 10.5 Å². The van der Waals surface area contributed by atoms with E-state index in [1.54, 1.807) is 0 Å². The van der Waals surface area contributed by atoms with E-state index in [4.69, 9.17) is 5.73 Å². The number of nitrogens with one attached hydrogen (secondary N) is 1. The van der Waals surface area contributed by atoms with Gasteiger partial charge in [0.05, 0.1) is 4.90 Å². The smallest absolute Gasteiger partial charge is 0.240 e. The number of benzene rings is 1. The molecule has 0 amide bonds. The first-order valence-electron chi connectivity index (χ1n) is 5.88. The summed E-state index contributed by atoms with van der Waals surface area (Å²) < 4.78 is 62.1. The lowest BCUT2D eigenvalue weighted by Crippen LogP contribution is -2.25. The molecule has 0 aliphatic rings. The third-order valence-corrected chi connectivity index (χ3v) is 5.12. The van der Waals surface area contributed by atoms with Crippen LogP contribution in [0.4, 0.5) is 4.39 Å². The average Bonchev–Trinajstić information content (AvgIpc) is 2.33. The third kappa shape index (κ3) is 5.87. The molecular weight excluding hydrogens is 343 g/mol. The molecule has 0 fully saturated rings. The Balaban J connectivity index is 0.00000400. The molecule has 0 bridgehead atoms. The minimum atomic E-state index is -3.85. The second-order valence-corrected chi connectivity index (χ2v) is 8.01. The van der Waals surface area contributed by atoms with Crippen molar-refractivity contribution in [2.24, 2.45) is 5.73 Å². The number of rotatable bonds is 7. The van der Waals surface area contributed by atoms with Crippen LogP contribution in [0, 0.1) is 5.82 Å². The fourth-order valence-corrected chi connectivity index (χ4v) is 3.32. The molecule has 1 aromatic rings. The van der Waals surface area contributed by atoms with Gasteiger partial charge in [0.1, 0.15) is 10.7 Å². The van der Waals surface area contributed by atoms with Crippen LogP contribution in [0.25, 0.3) is 0 Å². The molecule has 10 heteroatoms. The Morgan fingerprint density at radius 3 is 2.29 bits per heavy atom. The summed E-state index contributed by atoms with van der Waals surface area (Å²) in [7, 11) is -7.58. The van der Waals surface area contributed by atoms with Gasteiger partial charge in [0.25, 0.3) is 0 Å². The number of sulfone groups is 1. The molecule has 21 heavy (non-hydrogen) atoms. The maximum Gasteiger partial charge on any atom is 0.240 e. The van der Waals surface area contributed by atoms with Crippen molar-refractivity contribution in [2.45, 2.75) is 22.6 Å². The molecule has 6 nitrogen and oxygen atoms in total. The number of sulfonamides is 1. The summed E-state index contributed by atoms with van der Waals surface area (Å²) in [4.78, 5) is -0.838. The summed E-state index contributed by atoms with van der Waals surface area (Å²) in [5, 5.41) is 0. The highest BCUT2D eigenvalue weighted by Crippen LogP contribution is 2.18. The van der Waals surface area contributed by atoms with Crippen LogP contribution in [-0.4, -0.2) is 36.2 Å². The van der Waals surface area contributed by atoms with Gasteiger partial charge in [-0.05, 0) is 37.6 Å². The number of halogens is 2. The largest absolute Gasteiger partial charge is 0.330 e. The van der Waals surface area contributed by atoms with Gasteiger partial charge in [-0.3, -0.25) is 0 Å². The maximum absolute atomic E-state index is 13.6. The van der Waals surface area contributed by atoms with Crippen LogP contribution in [0.15, 0.2) is 28.0 Å². The average molecular weight is 361 g/mol. The summed E-state index contributed by atoms with van der Waals surface area (Å²) in [5.41, 5.74) is 5.28. The van der Waals surface area contributed by atoms with Crippen molar-refractivity contribution in [3.63, 3.8) is 0 Å². The summed E-state index contributed by atoms with van der Waals surface area (Å²) >= 11 is 0. The molecule has 0 aliphatic carbocycles. The zero-order valence-corrected chi connectivity index (χ0v) is 13.8. The van der Waals surface area contributed by atoms with E-state index in [1.165, 1.54) is 0 Å². The van der Waals surface area contributed by atoms with Gasteiger partial charge in [-0.25, -0.2) is 25.9 Å². The van der Waals surface area contributed by atoms with Crippen molar-refractivity contribution < 1.29 is 21.2 Å². The van der Waals surface area contributed by atoms with Gasteiger partial charge in [-0.1, -0.05) is 0 Å². The van der Waals surface area contributed by atoms with Crippen molar-refractivity contribution in [3.8, 4) is 0 Å². The molecule has 0 radical (unpaired) electrons. The Kier molecular flexibility index (Phi) is 7.76. The molecule has 1 aromatic carbocycles. The van der Waals surface area contributed by atoms with Crippen LogP contribution in [0.2, 0.25) is 0 Å². The van der Waals surface area contributed by atoms with Crippen molar-refractivity contribution in [3.05, 3.63) is 24.0 Å². The molecule has 3 N–H and O–H groups in total. The molecule has 0 aromatic heterocycles. The Morgan fingerprint density at radius 2 is 1.81 bits per heavy atom. The summed E-state index contributed by atoms with van der Waals surface area (Å²) in [6, 6.07) is 2.70. The second kappa shape index (κ2) is 8.04. The molecule has 0 saturated heterocycles. The minimum absolute atomic E-state index is 0. The highest BCUT2D eigenvalue weighted by molar-refractivity contribution is 7.90. The van der Waals surface area contributed by atoms with Crippen molar-refractivity contribution >= 4 is 32.3 Å². The van der Waals surface area contributed by atoms with E-state index in [0.717, 1.165) is 18.4 Å². The Hall–Kier alpha value is -0.740. The summed E-state index contributed by atoms with van der Waals surface area (Å²) in [6.07, 6.45) is 2.09. The second-order valence-electron chi connectivity index (χ2n) is 4.26. The van der Waals surface area contributed by atoms with E-state index >= 15 is 0 Å². The van der Waals surface area contributed by atoms with Crippen LogP contribution in [0.3, 0.4) is 0 Å². The zero-order chi connectivity index (χ0) is 15.4. The van der Waals surface area contributed by atoms with Crippen molar-refractivity contribution in [1.82, 2.24) is 4.72 Å². The minimum Gasteiger partial charge on any atom is -0.330 e. The number of hydrogen-bond acceptors (Lipinski definition) is 5. The highest BCUT2D eigenvalue weighted by Gasteiger charge is 2.19. The van der Waals surface area contributed by atoms with E-state index < -0.39 is 30.6 Å². The quantitative estimate of drug-likeness (QED) is 0.695. The normalized spacial score (nSPS) is 12.0. The van der Waals surface area contributed by atoms with Crippen LogP contribution in [0.1, 0.15) is 12.8 Å². The van der Waals surface area contributed by atoms with E-state index in [1.807, 2.05) is 0 Å². The molecule has 0 heterocycles. The lowest BCUT2D eigenvalue weighted by Gasteiger charge is -2.08. The van der Waals surface area contributed by atoms with Gasteiger partial charge in [-0.15, -0.1) is 12.4 Å². The van der Waals surface area contributed by atoms with Gasteiger partial charge in [0.15, 0.2) is 9.84 Å². The molecule has 0 unspecified atom stereocenters.